The SMILES string of the molecule is CN(Cc1ccccc1Br)C(=O)c1ccc(Cl)cc1N. The minimum Gasteiger partial charge on any atom is -0.398 e. The van der Waals surface area contributed by atoms with Crippen molar-refractivity contribution in [3.63, 3.8) is 0 Å². The fourth-order valence-corrected chi connectivity index (χ4v) is 2.48. The molecule has 0 fully saturated rings. The highest BCUT2D eigenvalue weighted by molar-refractivity contribution is 9.10. The average Bonchev–Trinajstić information content (AvgIpc) is 2.40. The second-order valence-corrected chi connectivity index (χ2v) is 5.77. The number of amides is 1. The van der Waals surface area contributed by atoms with E-state index in [0.29, 0.717) is 22.8 Å². The minimum atomic E-state index is -0.130. The third-order valence-electron chi connectivity index (χ3n) is 2.96. The van der Waals surface area contributed by atoms with Crippen molar-refractivity contribution in [3.05, 3.63) is 63.1 Å². The lowest BCUT2D eigenvalue weighted by atomic mass is 10.1. The molecule has 1 amide bonds. The normalized spacial score (nSPS) is 10.3. The average molecular weight is 354 g/mol. The van der Waals surface area contributed by atoms with E-state index in [2.05, 4.69) is 15.9 Å². The number of anilines is 1. The highest BCUT2D eigenvalue weighted by atomic mass is 79.9. The smallest absolute Gasteiger partial charge is 0.255 e. The van der Waals surface area contributed by atoms with Crippen LogP contribution in [-0.2, 0) is 6.54 Å². The number of hydrogen-bond donors (Lipinski definition) is 1. The summed E-state index contributed by atoms with van der Waals surface area (Å²) in [6, 6.07) is 12.7. The Morgan fingerprint density at radius 1 is 1.30 bits per heavy atom. The second kappa shape index (κ2) is 6.29. The number of nitrogens with two attached hydrogens (primary N) is 1. The number of rotatable bonds is 3. The van der Waals surface area contributed by atoms with Crippen molar-refractivity contribution in [1.29, 1.82) is 0 Å². The fourth-order valence-electron chi connectivity index (χ4n) is 1.89. The molecular weight excluding hydrogens is 340 g/mol. The molecule has 0 aliphatic rings. The van der Waals surface area contributed by atoms with E-state index < -0.39 is 0 Å². The zero-order valence-corrected chi connectivity index (χ0v) is 13.3. The summed E-state index contributed by atoms with van der Waals surface area (Å²) >= 11 is 9.31. The number of benzene rings is 2. The summed E-state index contributed by atoms with van der Waals surface area (Å²) in [5.41, 5.74) is 7.73. The number of carbonyl (C=O) groups excluding carboxylic acids is 1. The van der Waals surface area contributed by atoms with Crippen molar-refractivity contribution in [2.45, 2.75) is 6.54 Å². The van der Waals surface area contributed by atoms with Gasteiger partial charge in [-0.25, -0.2) is 0 Å². The highest BCUT2D eigenvalue weighted by Crippen LogP contribution is 2.21. The van der Waals surface area contributed by atoms with Crippen LogP contribution >= 0.6 is 27.5 Å². The predicted molar refractivity (Wildman–Crippen MR) is 85.8 cm³/mol. The van der Waals surface area contributed by atoms with Gasteiger partial charge in [-0.1, -0.05) is 45.7 Å². The van der Waals surface area contributed by atoms with Crippen LogP contribution in [0.1, 0.15) is 15.9 Å². The van der Waals surface area contributed by atoms with Gasteiger partial charge in [-0.3, -0.25) is 4.79 Å². The van der Waals surface area contributed by atoms with Gasteiger partial charge in [0.2, 0.25) is 0 Å². The van der Waals surface area contributed by atoms with Gasteiger partial charge < -0.3 is 10.6 Å². The van der Waals surface area contributed by atoms with Crippen LogP contribution in [0.4, 0.5) is 5.69 Å². The van der Waals surface area contributed by atoms with Crippen LogP contribution in [0.25, 0.3) is 0 Å². The van der Waals surface area contributed by atoms with Crippen molar-refractivity contribution >= 4 is 39.1 Å². The van der Waals surface area contributed by atoms with Gasteiger partial charge in [-0.2, -0.15) is 0 Å². The fraction of sp³-hybridized carbons (Fsp3) is 0.133. The van der Waals surface area contributed by atoms with Gasteiger partial charge in [0.25, 0.3) is 5.91 Å². The van der Waals surface area contributed by atoms with Gasteiger partial charge in [-0.15, -0.1) is 0 Å². The largest absolute Gasteiger partial charge is 0.398 e. The zero-order chi connectivity index (χ0) is 14.7. The van der Waals surface area contributed by atoms with Crippen LogP contribution in [0.2, 0.25) is 5.02 Å². The molecule has 0 saturated carbocycles. The molecule has 3 nitrogen and oxygen atoms in total. The standard InChI is InChI=1S/C15H14BrClN2O/c1-19(9-10-4-2-3-5-13(10)16)15(20)12-7-6-11(17)8-14(12)18/h2-8H,9,18H2,1H3. The van der Waals surface area contributed by atoms with Crippen LogP contribution in [0.3, 0.4) is 0 Å². The number of carbonyl (C=O) groups is 1. The molecule has 0 bridgehead atoms. The molecule has 0 spiro atoms. The lowest BCUT2D eigenvalue weighted by molar-refractivity contribution is 0.0786. The van der Waals surface area contributed by atoms with Gasteiger partial charge in [0.05, 0.1) is 5.56 Å². The van der Waals surface area contributed by atoms with Crippen LogP contribution in [-0.4, -0.2) is 17.9 Å². The summed E-state index contributed by atoms with van der Waals surface area (Å²) in [5, 5.41) is 0.521. The summed E-state index contributed by atoms with van der Waals surface area (Å²) in [4.78, 5) is 14.0. The van der Waals surface area contributed by atoms with E-state index in [0.717, 1.165) is 10.0 Å². The Hall–Kier alpha value is -1.52. The molecule has 0 aliphatic heterocycles. The monoisotopic (exact) mass is 352 g/mol. The lowest BCUT2D eigenvalue weighted by Crippen LogP contribution is -2.27. The molecule has 0 saturated heterocycles. The summed E-state index contributed by atoms with van der Waals surface area (Å²) in [7, 11) is 1.75. The first-order chi connectivity index (χ1) is 9.49. The van der Waals surface area contributed by atoms with Crippen molar-refractivity contribution in [2.75, 3.05) is 12.8 Å². The molecule has 2 rings (SSSR count). The Balaban J connectivity index is 2.19. The number of nitrogens with zero attached hydrogens (tertiary/aromatic N) is 1. The van der Waals surface area contributed by atoms with Gasteiger partial charge in [0.15, 0.2) is 0 Å². The van der Waals surface area contributed by atoms with Crippen LogP contribution < -0.4 is 5.73 Å². The molecule has 5 heteroatoms. The Labute approximate surface area is 131 Å². The summed E-state index contributed by atoms with van der Waals surface area (Å²) in [6.07, 6.45) is 0. The van der Waals surface area contributed by atoms with Crippen LogP contribution in [0.15, 0.2) is 46.9 Å². The van der Waals surface area contributed by atoms with E-state index in [1.165, 1.54) is 0 Å². The molecule has 0 aromatic heterocycles. The first-order valence-corrected chi connectivity index (χ1v) is 7.20. The first-order valence-electron chi connectivity index (χ1n) is 6.03. The summed E-state index contributed by atoms with van der Waals surface area (Å²) < 4.78 is 0.976. The molecule has 0 atom stereocenters. The lowest BCUT2D eigenvalue weighted by Gasteiger charge is -2.19. The van der Waals surface area contributed by atoms with Crippen molar-refractivity contribution in [2.24, 2.45) is 0 Å². The first kappa shape index (κ1) is 14.9. The molecule has 2 aromatic rings. The maximum Gasteiger partial charge on any atom is 0.255 e. The second-order valence-electron chi connectivity index (χ2n) is 4.48. The van der Waals surface area contributed by atoms with E-state index in [-0.39, 0.29) is 5.91 Å². The van der Waals surface area contributed by atoms with Gasteiger partial charge in [-0.05, 0) is 29.8 Å². The van der Waals surface area contributed by atoms with Crippen LogP contribution in [0.5, 0.6) is 0 Å². The van der Waals surface area contributed by atoms with E-state index in [1.54, 1.807) is 30.1 Å². The van der Waals surface area contributed by atoms with Crippen molar-refractivity contribution in [3.8, 4) is 0 Å². The Bertz CT molecular complexity index is 646. The number of hydrogen-bond acceptors (Lipinski definition) is 2. The zero-order valence-electron chi connectivity index (χ0n) is 10.9. The van der Waals surface area contributed by atoms with Gasteiger partial charge >= 0.3 is 0 Å². The summed E-state index contributed by atoms with van der Waals surface area (Å²) in [5.74, 6) is -0.130. The van der Waals surface area contributed by atoms with E-state index in [9.17, 15) is 4.79 Å². The molecule has 104 valence electrons. The maximum atomic E-state index is 12.4. The van der Waals surface area contributed by atoms with Crippen LogP contribution in [0, 0.1) is 0 Å². The molecule has 0 radical (unpaired) electrons. The predicted octanol–water partition coefficient (Wildman–Crippen LogP) is 3.96. The third-order valence-corrected chi connectivity index (χ3v) is 3.96. The molecule has 2 aromatic carbocycles. The Morgan fingerprint density at radius 3 is 2.65 bits per heavy atom. The molecule has 0 aliphatic carbocycles. The van der Waals surface area contributed by atoms with E-state index in [1.807, 2.05) is 24.3 Å². The molecule has 0 heterocycles. The van der Waals surface area contributed by atoms with E-state index in [4.69, 9.17) is 17.3 Å². The van der Waals surface area contributed by atoms with Gasteiger partial charge in [0, 0.05) is 28.8 Å². The Kier molecular flexibility index (Phi) is 4.68. The molecule has 20 heavy (non-hydrogen) atoms. The quantitative estimate of drug-likeness (QED) is 0.849. The minimum absolute atomic E-state index is 0.130. The number of nitrogen functional groups attached to an aromatic ring is 1. The topological polar surface area (TPSA) is 46.3 Å². The molecule has 0 unspecified atom stereocenters. The Morgan fingerprint density at radius 2 is 2.00 bits per heavy atom. The van der Waals surface area contributed by atoms with Gasteiger partial charge in [0.1, 0.15) is 0 Å². The van der Waals surface area contributed by atoms with Crippen molar-refractivity contribution in [1.82, 2.24) is 4.90 Å². The highest BCUT2D eigenvalue weighted by Gasteiger charge is 2.15. The maximum absolute atomic E-state index is 12.4. The molecule has 2 N–H and O–H groups in total. The third kappa shape index (κ3) is 3.32. The summed E-state index contributed by atoms with van der Waals surface area (Å²) in [6.45, 7) is 0.502. The van der Waals surface area contributed by atoms with E-state index >= 15 is 0 Å². The number of halogens is 2. The van der Waals surface area contributed by atoms with Crippen molar-refractivity contribution < 1.29 is 4.79 Å². The molecular formula is C15H14BrClN2O.